The van der Waals surface area contributed by atoms with Gasteiger partial charge < -0.3 is 15.7 Å². The fourth-order valence-electron chi connectivity index (χ4n) is 2.06. The molecule has 0 aromatic heterocycles. The second-order valence-electron chi connectivity index (χ2n) is 5.19. The number of nitrogens with one attached hydrogen (secondary N) is 2. The van der Waals surface area contributed by atoms with Gasteiger partial charge in [-0.05, 0) is 36.2 Å². The van der Waals surface area contributed by atoms with E-state index >= 15 is 0 Å². The van der Waals surface area contributed by atoms with E-state index in [1.807, 2.05) is 0 Å². The van der Waals surface area contributed by atoms with Crippen LogP contribution in [0.3, 0.4) is 0 Å². The Morgan fingerprint density at radius 3 is 2.33 bits per heavy atom. The first-order valence-corrected chi connectivity index (χ1v) is 7.56. The normalized spacial score (nSPS) is 10.2. The molecule has 0 radical (unpaired) electrons. The van der Waals surface area contributed by atoms with Crippen molar-refractivity contribution in [2.24, 2.45) is 0 Å². The summed E-state index contributed by atoms with van der Waals surface area (Å²) >= 11 is 0. The predicted octanol–water partition coefficient (Wildman–Crippen LogP) is 2.32. The SMILES string of the molecule is O=C(NCCCO)c1ccc(NCc2ccc([N+](=O)[O-])cc2)cc1. The smallest absolute Gasteiger partial charge is 0.269 e. The maximum Gasteiger partial charge on any atom is 0.269 e. The van der Waals surface area contributed by atoms with Crippen LogP contribution < -0.4 is 10.6 Å². The highest BCUT2D eigenvalue weighted by atomic mass is 16.6. The van der Waals surface area contributed by atoms with E-state index in [0.29, 0.717) is 25.1 Å². The van der Waals surface area contributed by atoms with Gasteiger partial charge in [0.25, 0.3) is 11.6 Å². The van der Waals surface area contributed by atoms with E-state index in [9.17, 15) is 14.9 Å². The molecule has 0 bridgehead atoms. The molecule has 0 unspecified atom stereocenters. The molecular formula is C17H19N3O4. The highest BCUT2D eigenvalue weighted by Gasteiger charge is 2.05. The van der Waals surface area contributed by atoms with Gasteiger partial charge in [0.05, 0.1) is 4.92 Å². The second kappa shape index (κ2) is 8.64. The van der Waals surface area contributed by atoms with Crippen molar-refractivity contribution in [1.82, 2.24) is 5.32 Å². The predicted molar refractivity (Wildman–Crippen MR) is 90.9 cm³/mol. The van der Waals surface area contributed by atoms with Gasteiger partial charge in [-0.2, -0.15) is 0 Å². The number of rotatable bonds is 8. The standard InChI is InChI=1S/C17H19N3O4/c21-11-1-10-18-17(22)14-4-6-15(7-5-14)19-12-13-2-8-16(9-3-13)20(23)24/h2-9,19,21H,1,10-12H2,(H,18,22). The molecule has 7 heteroatoms. The zero-order valence-corrected chi connectivity index (χ0v) is 13.1. The first-order chi connectivity index (χ1) is 11.6. The number of hydrogen-bond acceptors (Lipinski definition) is 5. The van der Waals surface area contributed by atoms with E-state index in [2.05, 4.69) is 10.6 Å². The van der Waals surface area contributed by atoms with Crippen LogP contribution >= 0.6 is 0 Å². The van der Waals surface area contributed by atoms with E-state index in [-0.39, 0.29) is 18.2 Å². The van der Waals surface area contributed by atoms with Gasteiger partial charge in [0.2, 0.25) is 0 Å². The molecular weight excluding hydrogens is 310 g/mol. The van der Waals surface area contributed by atoms with Crippen molar-refractivity contribution in [2.45, 2.75) is 13.0 Å². The quantitative estimate of drug-likeness (QED) is 0.392. The van der Waals surface area contributed by atoms with Crippen LogP contribution in [0, 0.1) is 10.1 Å². The second-order valence-corrected chi connectivity index (χ2v) is 5.19. The van der Waals surface area contributed by atoms with Crippen molar-refractivity contribution in [3.63, 3.8) is 0 Å². The summed E-state index contributed by atoms with van der Waals surface area (Å²) in [6.45, 7) is 1.02. The summed E-state index contributed by atoms with van der Waals surface area (Å²) in [6.07, 6.45) is 0.528. The number of benzene rings is 2. The fraction of sp³-hybridized carbons (Fsp3) is 0.235. The van der Waals surface area contributed by atoms with Gasteiger partial charge in [-0.3, -0.25) is 14.9 Å². The summed E-state index contributed by atoms with van der Waals surface area (Å²) in [5.74, 6) is -0.176. The maximum absolute atomic E-state index is 11.8. The number of nitro groups is 1. The number of amides is 1. The molecule has 0 saturated heterocycles. The number of aliphatic hydroxyl groups is 1. The van der Waals surface area contributed by atoms with E-state index < -0.39 is 4.92 Å². The van der Waals surface area contributed by atoms with Crippen molar-refractivity contribution in [3.8, 4) is 0 Å². The van der Waals surface area contributed by atoms with Crippen LogP contribution in [0.1, 0.15) is 22.3 Å². The molecule has 0 fully saturated rings. The number of aliphatic hydroxyl groups excluding tert-OH is 1. The Balaban J connectivity index is 1.87. The summed E-state index contributed by atoms with van der Waals surface area (Å²) in [4.78, 5) is 22.0. The third kappa shape index (κ3) is 5.06. The third-order valence-corrected chi connectivity index (χ3v) is 3.41. The molecule has 0 atom stereocenters. The summed E-state index contributed by atoms with van der Waals surface area (Å²) in [6, 6.07) is 13.4. The fourth-order valence-corrected chi connectivity index (χ4v) is 2.06. The Bertz CT molecular complexity index is 684. The molecule has 3 N–H and O–H groups in total. The zero-order chi connectivity index (χ0) is 17.4. The molecule has 2 aromatic rings. The van der Waals surface area contributed by atoms with E-state index in [1.165, 1.54) is 12.1 Å². The Kier molecular flexibility index (Phi) is 6.27. The maximum atomic E-state index is 11.8. The molecule has 0 heterocycles. The number of nitro benzene ring substituents is 1. The number of non-ortho nitro benzene ring substituents is 1. The highest BCUT2D eigenvalue weighted by molar-refractivity contribution is 5.94. The van der Waals surface area contributed by atoms with Crippen LogP contribution in [0.2, 0.25) is 0 Å². The first-order valence-electron chi connectivity index (χ1n) is 7.56. The Hall–Kier alpha value is -2.93. The Morgan fingerprint density at radius 2 is 1.75 bits per heavy atom. The van der Waals surface area contributed by atoms with Gasteiger partial charge in [0.15, 0.2) is 0 Å². The molecule has 2 rings (SSSR count). The lowest BCUT2D eigenvalue weighted by Gasteiger charge is -2.08. The van der Waals surface area contributed by atoms with Crippen LogP contribution in [0.15, 0.2) is 48.5 Å². The van der Waals surface area contributed by atoms with Crippen LogP contribution in [-0.2, 0) is 6.54 Å². The van der Waals surface area contributed by atoms with Gasteiger partial charge in [-0.15, -0.1) is 0 Å². The van der Waals surface area contributed by atoms with E-state index in [1.54, 1.807) is 36.4 Å². The molecule has 0 aliphatic carbocycles. The van der Waals surface area contributed by atoms with Crippen molar-refractivity contribution in [1.29, 1.82) is 0 Å². The minimum Gasteiger partial charge on any atom is -0.396 e. The Morgan fingerprint density at radius 1 is 1.08 bits per heavy atom. The van der Waals surface area contributed by atoms with E-state index in [4.69, 9.17) is 5.11 Å². The topological polar surface area (TPSA) is 104 Å². The number of carbonyl (C=O) groups excluding carboxylic acids is 1. The summed E-state index contributed by atoms with van der Waals surface area (Å²) in [7, 11) is 0. The van der Waals surface area contributed by atoms with Gasteiger partial charge in [0.1, 0.15) is 0 Å². The summed E-state index contributed by atoms with van der Waals surface area (Å²) in [5.41, 5.74) is 2.39. The van der Waals surface area contributed by atoms with Crippen molar-refractivity contribution in [3.05, 3.63) is 69.8 Å². The largest absolute Gasteiger partial charge is 0.396 e. The molecule has 1 amide bonds. The monoisotopic (exact) mass is 329 g/mol. The van der Waals surface area contributed by atoms with Gasteiger partial charge in [-0.1, -0.05) is 12.1 Å². The molecule has 0 aliphatic rings. The van der Waals surface area contributed by atoms with Crippen LogP contribution in [0.4, 0.5) is 11.4 Å². The van der Waals surface area contributed by atoms with Crippen LogP contribution in [-0.4, -0.2) is 29.1 Å². The molecule has 0 aliphatic heterocycles. The van der Waals surface area contributed by atoms with Gasteiger partial charge in [-0.25, -0.2) is 0 Å². The Labute approximate surface area is 139 Å². The molecule has 2 aromatic carbocycles. The summed E-state index contributed by atoms with van der Waals surface area (Å²) < 4.78 is 0. The number of nitrogens with zero attached hydrogens (tertiary/aromatic N) is 1. The molecule has 0 spiro atoms. The number of hydrogen-bond donors (Lipinski definition) is 3. The van der Waals surface area contributed by atoms with Crippen LogP contribution in [0.5, 0.6) is 0 Å². The molecule has 24 heavy (non-hydrogen) atoms. The van der Waals surface area contributed by atoms with Crippen LogP contribution in [0.25, 0.3) is 0 Å². The van der Waals surface area contributed by atoms with Crippen molar-refractivity contribution in [2.75, 3.05) is 18.5 Å². The average molecular weight is 329 g/mol. The van der Waals surface area contributed by atoms with Crippen molar-refractivity contribution >= 4 is 17.3 Å². The van der Waals surface area contributed by atoms with Crippen molar-refractivity contribution < 1.29 is 14.8 Å². The summed E-state index contributed by atoms with van der Waals surface area (Å²) in [5, 5.41) is 25.2. The first kappa shape index (κ1) is 17.4. The number of carbonyl (C=O) groups is 1. The average Bonchev–Trinajstić information content (AvgIpc) is 2.61. The number of anilines is 1. The minimum absolute atomic E-state index is 0.0474. The molecule has 126 valence electrons. The minimum atomic E-state index is -0.429. The molecule has 7 nitrogen and oxygen atoms in total. The van der Waals surface area contributed by atoms with Gasteiger partial charge >= 0.3 is 0 Å². The zero-order valence-electron chi connectivity index (χ0n) is 13.1. The van der Waals surface area contributed by atoms with Gasteiger partial charge in [0, 0.05) is 43.1 Å². The highest BCUT2D eigenvalue weighted by Crippen LogP contribution is 2.14. The lowest BCUT2D eigenvalue weighted by atomic mass is 10.1. The lowest BCUT2D eigenvalue weighted by Crippen LogP contribution is -2.24. The third-order valence-electron chi connectivity index (χ3n) is 3.41. The van der Waals surface area contributed by atoms with E-state index in [0.717, 1.165) is 11.3 Å². The molecule has 0 saturated carbocycles. The lowest BCUT2D eigenvalue weighted by molar-refractivity contribution is -0.384.